The second kappa shape index (κ2) is 11.8. The quantitative estimate of drug-likeness (QED) is 0.572. The first kappa shape index (κ1) is 22.3. The summed E-state index contributed by atoms with van der Waals surface area (Å²) in [5, 5.41) is 16.2. The number of carbonyl (C=O) groups excluding carboxylic acids is 2. The number of rotatable bonds is 12. The highest BCUT2D eigenvalue weighted by Gasteiger charge is 2.21. The molecule has 1 rings (SSSR count). The number of aliphatic carboxylic acids is 1. The lowest BCUT2D eigenvalue weighted by Gasteiger charge is -2.20. The SMILES string of the molecule is CCCC[C@@H](CC)C[NH2+][C@@H](CC(=O)Nc1cc(Cl)ccc1OC)C(=O)[O-]. The number of nitrogens with two attached hydrogens (primary N) is 1. The van der Waals surface area contributed by atoms with E-state index < -0.39 is 17.9 Å². The van der Waals surface area contributed by atoms with E-state index >= 15 is 0 Å². The second-order valence-electron chi connectivity index (χ2n) is 6.41. The summed E-state index contributed by atoms with van der Waals surface area (Å²) < 4.78 is 5.17. The summed E-state index contributed by atoms with van der Waals surface area (Å²) in [6.45, 7) is 4.90. The van der Waals surface area contributed by atoms with Crippen molar-refractivity contribution in [3.8, 4) is 5.75 Å². The maximum Gasteiger partial charge on any atom is 0.230 e. The molecule has 26 heavy (non-hydrogen) atoms. The predicted molar refractivity (Wildman–Crippen MR) is 100 cm³/mol. The van der Waals surface area contributed by atoms with Gasteiger partial charge in [-0.2, -0.15) is 0 Å². The summed E-state index contributed by atoms with van der Waals surface area (Å²) in [6.07, 6.45) is 4.11. The number of carboxylic acids is 1. The van der Waals surface area contributed by atoms with E-state index in [-0.39, 0.29) is 6.42 Å². The van der Waals surface area contributed by atoms with Crippen molar-refractivity contribution in [3.05, 3.63) is 23.2 Å². The van der Waals surface area contributed by atoms with E-state index in [9.17, 15) is 14.7 Å². The van der Waals surface area contributed by atoms with Crippen LogP contribution in [-0.2, 0) is 9.59 Å². The Morgan fingerprint density at radius 1 is 1.35 bits per heavy atom. The van der Waals surface area contributed by atoms with Crippen molar-refractivity contribution in [1.29, 1.82) is 0 Å². The van der Waals surface area contributed by atoms with Crippen LogP contribution in [0.4, 0.5) is 5.69 Å². The molecule has 0 aromatic heterocycles. The van der Waals surface area contributed by atoms with Crippen LogP contribution >= 0.6 is 11.6 Å². The minimum Gasteiger partial charge on any atom is -0.544 e. The van der Waals surface area contributed by atoms with Gasteiger partial charge in [0.05, 0.1) is 31.7 Å². The zero-order chi connectivity index (χ0) is 19.5. The fourth-order valence-electron chi connectivity index (χ4n) is 2.78. The van der Waals surface area contributed by atoms with E-state index in [1.807, 2.05) is 0 Å². The zero-order valence-electron chi connectivity index (χ0n) is 15.7. The summed E-state index contributed by atoms with van der Waals surface area (Å²) in [5.41, 5.74) is 0.413. The molecule has 0 aliphatic carbocycles. The maximum absolute atomic E-state index is 12.3. The molecule has 0 saturated carbocycles. The maximum atomic E-state index is 12.3. The summed E-state index contributed by atoms with van der Waals surface area (Å²) in [5.74, 6) is -0.753. The van der Waals surface area contributed by atoms with Crippen molar-refractivity contribution in [3.63, 3.8) is 0 Å². The molecule has 0 aliphatic rings. The van der Waals surface area contributed by atoms with Crippen molar-refractivity contribution in [1.82, 2.24) is 0 Å². The molecule has 2 atom stereocenters. The molecule has 0 fully saturated rings. The molecular formula is C19H29ClN2O4. The van der Waals surface area contributed by atoms with E-state index in [1.54, 1.807) is 23.5 Å². The standard InChI is InChI=1S/C19H29ClN2O4/c1-4-6-7-13(5-2)12-21-16(19(24)25)11-18(23)22-15-10-14(20)8-9-17(15)26-3/h8-10,13,16,21H,4-7,11-12H2,1-3H3,(H,22,23)(H,24,25)/t13-,16+/m1/s1. The number of ether oxygens (including phenoxy) is 1. The lowest BCUT2D eigenvalue weighted by molar-refractivity contribution is -0.687. The highest BCUT2D eigenvalue weighted by molar-refractivity contribution is 6.31. The summed E-state index contributed by atoms with van der Waals surface area (Å²) >= 11 is 5.94. The molecule has 0 bridgehead atoms. The number of carbonyl (C=O) groups is 2. The van der Waals surface area contributed by atoms with Crippen molar-refractivity contribution in [2.75, 3.05) is 19.0 Å². The number of quaternary nitrogens is 1. The van der Waals surface area contributed by atoms with Crippen LogP contribution in [0.2, 0.25) is 5.02 Å². The molecule has 1 amide bonds. The van der Waals surface area contributed by atoms with E-state index in [0.29, 0.717) is 28.9 Å². The number of carboxylic acid groups (broad SMARTS) is 1. The molecule has 7 heteroatoms. The summed E-state index contributed by atoms with van der Waals surface area (Å²) in [4.78, 5) is 23.7. The van der Waals surface area contributed by atoms with Crippen LogP contribution in [0.5, 0.6) is 5.75 Å². The number of hydrogen-bond acceptors (Lipinski definition) is 4. The van der Waals surface area contributed by atoms with Crippen molar-refractivity contribution in [2.45, 2.75) is 52.0 Å². The Morgan fingerprint density at radius 3 is 2.65 bits per heavy atom. The highest BCUT2D eigenvalue weighted by atomic mass is 35.5. The number of amides is 1. The Balaban J connectivity index is 2.65. The molecule has 0 spiro atoms. The molecule has 0 saturated heterocycles. The largest absolute Gasteiger partial charge is 0.544 e. The molecular weight excluding hydrogens is 356 g/mol. The van der Waals surface area contributed by atoms with Crippen LogP contribution in [0.25, 0.3) is 0 Å². The van der Waals surface area contributed by atoms with Gasteiger partial charge in [0.1, 0.15) is 11.8 Å². The minimum absolute atomic E-state index is 0.178. The molecule has 0 aliphatic heterocycles. The molecule has 3 N–H and O–H groups in total. The Kier molecular flexibility index (Phi) is 10.1. The Morgan fingerprint density at radius 2 is 2.08 bits per heavy atom. The normalized spacial score (nSPS) is 13.1. The van der Waals surface area contributed by atoms with Gasteiger partial charge in [-0.3, -0.25) is 4.79 Å². The molecule has 0 radical (unpaired) electrons. The predicted octanol–water partition coefficient (Wildman–Crippen LogP) is 1.58. The Labute approximate surface area is 160 Å². The van der Waals surface area contributed by atoms with Gasteiger partial charge in [0.15, 0.2) is 0 Å². The summed E-state index contributed by atoms with van der Waals surface area (Å²) in [7, 11) is 1.48. The molecule has 6 nitrogen and oxygen atoms in total. The number of methoxy groups -OCH3 is 1. The smallest absolute Gasteiger partial charge is 0.230 e. The van der Waals surface area contributed by atoms with Gasteiger partial charge >= 0.3 is 0 Å². The third-order valence-corrected chi connectivity index (χ3v) is 4.68. The second-order valence-corrected chi connectivity index (χ2v) is 6.85. The fraction of sp³-hybridized carbons (Fsp3) is 0.579. The average Bonchev–Trinajstić information content (AvgIpc) is 2.60. The van der Waals surface area contributed by atoms with Gasteiger partial charge in [-0.25, -0.2) is 0 Å². The van der Waals surface area contributed by atoms with Crippen molar-refractivity contribution < 1.29 is 24.7 Å². The van der Waals surface area contributed by atoms with E-state index in [0.717, 1.165) is 25.7 Å². The first-order chi connectivity index (χ1) is 12.4. The van der Waals surface area contributed by atoms with Crippen LogP contribution in [0.1, 0.15) is 46.0 Å². The highest BCUT2D eigenvalue weighted by Crippen LogP contribution is 2.27. The van der Waals surface area contributed by atoms with Gasteiger partial charge in [0, 0.05) is 10.9 Å². The number of nitrogens with one attached hydrogen (secondary N) is 1. The third kappa shape index (κ3) is 7.62. The van der Waals surface area contributed by atoms with Crippen LogP contribution < -0.4 is 20.5 Å². The summed E-state index contributed by atoms with van der Waals surface area (Å²) in [6, 6.07) is 3.93. The van der Waals surface area contributed by atoms with Crippen LogP contribution in [-0.4, -0.2) is 31.6 Å². The fourth-order valence-corrected chi connectivity index (χ4v) is 2.95. The third-order valence-electron chi connectivity index (χ3n) is 4.44. The molecule has 0 heterocycles. The molecule has 0 unspecified atom stereocenters. The lowest BCUT2D eigenvalue weighted by Crippen LogP contribution is -2.94. The number of hydrogen-bond donors (Lipinski definition) is 2. The average molecular weight is 385 g/mol. The van der Waals surface area contributed by atoms with E-state index in [2.05, 4.69) is 19.2 Å². The van der Waals surface area contributed by atoms with Crippen LogP contribution in [0.3, 0.4) is 0 Å². The number of unbranched alkanes of at least 4 members (excludes halogenated alkanes) is 1. The van der Waals surface area contributed by atoms with Gasteiger partial charge < -0.3 is 25.3 Å². The number of benzene rings is 1. The van der Waals surface area contributed by atoms with Gasteiger partial charge in [-0.05, 0) is 31.0 Å². The van der Waals surface area contributed by atoms with Gasteiger partial charge in [0.2, 0.25) is 5.91 Å². The Bertz CT molecular complexity index is 595. The van der Waals surface area contributed by atoms with Gasteiger partial charge in [0.25, 0.3) is 0 Å². The lowest BCUT2D eigenvalue weighted by atomic mass is 9.99. The zero-order valence-corrected chi connectivity index (χ0v) is 16.5. The first-order valence-electron chi connectivity index (χ1n) is 9.08. The van der Waals surface area contributed by atoms with Gasteiger partial charge in [-0.15, -0.1) is 0 Å². The van der Waals surface area contributed by atoms with E-state index in [4.69, 9.17) is 16.3 Å². The number of anilines is 1. The van der Waals surface area contributed by atoms with E-state index in [1.165, 1.54) is 7.11 Å². The molecule has 1 aromatic carbocycles. The topological polar surface area (TPSA) is 95.1 Å². The van der Waals surface area contributed by atoms with Gasteiger partial charge in [-0.1, -0.05) is 38.3 Å². The molecule has 1 aromatic rings. The Hall–Kier alpha value is -1.79. The molecule has 146 valence electrons. The van der Waals surface area contributed by atoms with Crippen LogP contribution in [0, 0.1) is 5.92 Å². The number of halogens is 1. The first-order valence-corrected chi connectivity index (χ1v) is 9.46. The monoisotopic (exact) mass is 384 g/mol. The van der Waals surface area contributed by atoms with Crippen molar-refractivity contribution >= 4 is 29.2 Å². The van der Waals surface area contributed by atoms with Crippen molar-refractivity contribution in [2.24, 2.45) is 5.92 Å². The minimum atomic E-state index is -1.23. The van der Waals surface area contributed by atoms with Crippen LogP contribution in [0.15, 0.2) is 18.2 Å².